The maximum Gasteiger partial charge on any atom is 0.329 e. The smallest absolute Gasteiger partial charge is 0.329 e. The van der Waals surface area contributed by atoms with Crippen molar-refractivity contribution in [3.05, 3.63) is 35.9 Å². The lowest BCUT2D eigenvalue weighted by atomic mass is 9.87. The van der Waals surface area contributed by atoms with Gasteiger partial charge in [0.05, 0.1) is 13.0 Å². The van der Waals surface area contributed by atoms with Crippen LogP contribution in [0.5, 0.6) is 0 Å². The van der Waals surface area contributed by atoms with Crippen molar-refractivity contribution in [1.82, 2.24) is 4.90 Å². The molecule has 0 spiro atoms. The van der Waals surface area contributed by atoms with Crippen LogP contribution in [0.15, 0.2) is 30.3 Å². The maximum absolute atomic E-state index is 12.7. The first-order valence-corrected chi connectivity index (χ1v) is 8.05. The first kappa shape index (κ1) is 16.0. The van der Waals surface area contributed by atoms with Gasteiger partial charge in [-0.2, -0.15) is 0 Å². The van der Waals surface area contributed by atoms with Gasteiger partial charge in [0.25, 0.3) is 0 Å². The summed E-state index contributed by atoms with van der Waals surface area (Å²) in [6, 6.07) is 9.39. The summed E-state index contributed by atoms with van der Waals surface area (Å²) in [4.78, 5) is 26.2. The van der Waals surface area contributed by atoms with Crippen LogP contribution >= 0.6 is 0 Å². The number of fused-ring (bicyclic) bond motifs is 1. The van der Waals surface area contributed by atoms with Crippen LogP contribution in [0, 0.1) is 5.92 Å². The van der Waals surface area contributed by atoms with Crippen LogP contribution in [0.25, 0.3) is 0 Å². The predicted molar refractivity (Wildman–Crippen MR) is 84.5 cm³/mol. The molecule has 2 aliphatic heterocycles. The van der Waals surface area contributed by atoms with Gasteiger partial charge in [-0.25, -0.2) is 4.79 Å². The number of hydrogen-bond acceptors (Lipinski definition) is 4. The summed E-state index contributed by atoms with van der Waals surface area (Å²) in [7, 11) is 0. The minimum Gasteiger partial charge on any atom is -0.458 e. The fourth-order valence-electron chi connectivity index (χ4n) is 3.18. The summed E-state index contributed by atoms with van der Waals surface area (Å²) < 4.78 is 11.3. The summed E-state index contributed by atoms with van der Waals surface area (Å²) in [5.74, 6) is -0.462. The Kier molecular flexibility index (Phi) is 4.15. The van der Waals surface area contributed by atoms with E-state index in [0.717, 1.165) is 5.56 Å². The van der Waals surface area contributed by atoms with E-state index >= 15 is 0 Å². The van der Waals surface area contributed by atoms with E-state index < -0.39 is 11.6 Å². The lowest BCUT2D eigenvalue weighted by Crippen LogP contribution is -2.67. The number of amides is 1. The third kappa shape index (κ3) is 3.39. The zero-order valence-electron chi connectivity index (χ0n) is 13.8. The second-order valence-corrected chi connectivity index (χ2v) is 7.22. The number of hydrogen-bond donors (Lipinski definition) is 0. The van der Waals surface area contributed by atoms with Crippen molar-refractivity contribution in [2.24, 2.45) is 5.92 Å². The second kappa shape index (κ2) is 5.96. The molecule has 0 aromatic heterocycles. The fraction of sp³-hybridized carbons (Fsp3) is 0.556. The van der Waals surface area contributed by atoms with Gasteiger partial charge in [-0.15, -0.1) is 0 Å². The molecule has 2 heterocycles. The largest absolute Gasteiger partial charge is 0.458 e. The molecule has 1 amide bonds. The molecule has 5 heteroatoms. The van der Waals surface area contributed by atoms with Gasteiger partial charge in [-0.05, 0) is 32.8 Å². The molecule has 0 bridgehead atoms. The Bertz CT molecular complexity index is 593. The van der Waals surface area contributed by atoms with E-state index in [9.17, 15) is 9.59 Å². The van der Waals surface area contributed by atoms with Crippen LogP contribution in [0.3, 0.4) is 0 Å². The molecule has 2 aliphatic rings. The molecule has 3 rings (SSSR count). The normalized spacial score (nSPS) is 27.2. The molecule has 3 atom stereocenters. The zero-order chi connectivity index (χ0) is 16.6. The number of nitrogens with zero attached hydrogens (tertiary/aromatic N) is 1. The van der Waals surface area contributed by atoms with Crippen LogP contribution in [-0.2, 0) is 25.5 Å². The molecule has 0 N–H and O–H groups in total. The van der Waals surface area contributed by atoms with E-state index in [4.69, 9.17) is 9.47 Å². The van der Waals surface area contributed by atoms with E-state index in [0.29, 0.717) is 19.4 Å². The summed E-state index contributed by atoms with van der Waals surface area (Å²) in [5.41, 5.74) is 0.553. The van der Waals surface area contributed by atoms with Gasteiger partial charge in [0.15, 0.2) is 0 Å². The SMILES string of the molecule is CC(C)(C)OC(=O)[C@H]1[C@@H](Cc2ccccc2)CO[C@@H]2CC(=O)N21. The number of carbonyl (C=O) groups excluding carboxylic acids is 2. The van der Waals surface area contributed by atoms with Gasteiger partial charge < -0.3 is 14.4 Å². The van der Waals surface area contributed by atoms with Crippen molar-refractivity contribution in [1.29, 1.82) is 0 Å². The quantitative estimate of drug-likeness (QED) is 0.633. The highest BCUT2D eigenvalue weighted by molar-refractivity contribution is 5.89. The summed E-state index contributed by atoms with van der Waals surface area (Å²) in [5, 5.41) is 0. The predicted octanol–water partition coefficient (Wildman–Crippen LogP) is 2.14. The monoisotopic (exact) mass is 317 g/mol. The van der Waals surface area contributed by atoms with Crippen LogP contribution in [0.4, 0.5) is 0 Å². The third-order valence-corrected chi connectivity index (χ3v) is 4.19. The van der Waals surface area contributed by atoms with Crippen LogP contribution in [-0.4, -0.2) is 41.3 Å². The average Bonchev–Trinajstić information content (AvgIpc) is 2.46. The van der Waals surface area contributed by atoms with Gasteiger partial charge >= 0.3 is 5.97 Å². The Morgan fingerprint density at radius 3 is 2.61 bits per heavy atom. The van der Waals surface area contributed by atoms with Crippen LogP contribution in [0.2, 0.25) is 0 Å². The number of esters is 1. The fourth-order valence-corrected chi connectivity index (χ4v) is 3.18. The van der Waals surface area contributed by atoms with Gasteiger partial charge in [-0.1, -0.05) is 30.3 Å². The molecule has 23 heavy (non-hydrogen) atoms. The van der Waals surface area contributed by atoms with Gasteiger partial charge in [0, 0.05) is 5.92 Å². The summed E-state index contributed by atoms with van der Waals surface area (Å²) >= 11 is 0. The Balaban J connectivity index is 1.81. The topological polar surface area (TPSA) is 55.8 Å². The Morgan fingerprint density at radius 1 is 1.30 bits per heavy atom. The molecule has 0 unspecified atom stereocenters. The Morgan fingerprint density at radius 2 is 2.00 bits per heavy atom. The second-order valence-electron chi connectivity index (χ2n) is 7.22. The molecule has 0 aliphatic carbocycles. The first-order chi connectivity index (χ1) is 10.8. The summed E-state index contributed by atoms with van der Waals surface area (Å²) in [6.07, 6.45) is 0.769. The molecule has 1 aromatic rings. The highest BCUT2D eigenvalue weighted by Gasteiger charge is 2.52. The van der Waals surface area contributed by atoms with E-state index in [1.54, 1.807) is 4.90 Å². The lowest BCUT2D eigenvalue weighted by Gasteiger charge is -2.50. The van der Waals surface area contributed by atoms with Gasteiger partial charge in [-0.3, -0.25) is 4.79 Å². The van der Waals surface area contributed by atoms with Gasteiger partial charge in [0.2, 0.25) is 5.91 Å². The van der Waals surface area contributed by atoms with E-state index in [2.05, 4.69) is 0 Å². The highest BCUT2D eigenvalue weighted by Crippen LogP contribution is 2.35. The number of ether oxygens (including phenoxy) is 2. The maximum atomic E-state index is 12.7. The van der Waals surface area contributed by atoms with E-state index in [1.165, 1.54) is 0 Å². The Hall–Kier alpha value is -1.88. The Labute approximate surface area is 136 Å². The van der Waals surface area contributed by atoms with Crippen molar-refractivity contribution >= 4 is 11.9 Å². The molecule has 2 saturated heterocycles. The third-order valence-electron chi connectivity index (χ3n) is 4.19. The molecule has 2 fully saturated rings. The molecule has 0 radical (unpaired) electrons. The molecule has 124 valence electrons. The van der Waals surface area contributed by atoms with Crippen molar-refractivity contribution in [2.75, 3.05) is 6.61 Å². The van der Waals surface area contributed by atoms with Crippen LogP contribution in [0.1, 0.15) is 32.8 Å². The zero-order valence-corrected chi connectivity index (χ0v) is 13.8. The number of benzene rings is 1. The molecule has 5 nitrogen and oxygen atoms in total. The lowest BCUT2D eigenvalue weighted by molar-refractivity contribution is -0.219. The van der Waals surface area contributed by atoms with E-state index in [-0.39, 0.29) is 24.0 Å². The van der Waals surface area contributed by atoms with Crippen molar-refractivity contribution in [2.45, 2.75) is 51.5 Å². The van der Waals surface area contributed by atoms with Gasteiger partial charge in [0.1, 0.15) is 17.9 Å². The standard InChI is InChI=1S/C18H23NO4/c1-18(2,3)23-17(21)16-13(9-12-7-5-4-6-8-12)11-22-15-10-14(20)19(15)16/h4-8,13,15-16H,9-11H2,1-3H3/t13-,15+,16+/m0/s1. The van der Waals surface area contributed by atoms with E-state index in [1.807, 2.05) is 51.1 Å². The number of rotatable bonds is 3. The number of β-lactam (4-membered cyclic amide) rings is 1. The molecular formula is C18H23NO4. The number of carbonyl (C=O) groups is 2. The van der Waals surface area contributed by atoms with Crippen molar-refractivity contribution in [3.63, 3.8) is 0 Å². The van der Waals surface area contributed by atoms with Crippen molar-refractivity contribution in [3.8, 4) is 0 Å². The molecule has 0 saturated carbocycles. The van der Waals surface area contributed by atoms with Crippen LogP contribution < -0.4 is 0 Å². The average molecular weight is 317 g/mol. The molecular weight excluding hydrogens is 294 g/mol. The first-order valence-electron chi connectivity index (χ1n) is 8.05. The van der Waals surface area contributed by atoms with Crippen molar-refractivity contribution < 1.29 is 19.1 Å². The minimum atomic E-state index is -0.573. The highest BCUT2D eigenvalue weighted by atomic mass is 16.6. The molecule has 1 aromatic carbocycles. The minimum absolute atomic E-state index is 0.0383. The summed E-state index contributed by atoms with van der Waals surface area (Å²) in [6.45, 7) is 5.98.